The van der Waals surface area contributed by atoms with Crippen LogP contribution in [0, 0.1) is 0 Å². The van der Waals surface area contributed by atoms with E-state index in [1.54, 1.807) is 50.4 Å². The van der Waals surface area contributed by atoms with E-state index in [-0.39, 0.29) is 24.0 Å². The molecule has 1 heterocycles. The van der Waals surface area contributed by atoms with Crippen molar-refractivity contribution < 1.29 is 23.9 Å². The molecule has 28 heavy (non-hydrogen) atoms. The summed E-state index contributed by atoms with van der Waals surface area (Å²) in [5.74, 6) is -1.21. The highest BCUT2D eigenvalue weighted by Gasteiger charge is 2.24. The summed E-state index contributed by atoms with van der Waals surface area (Å²) in [4.78, 5) is 40.6. The number of esters is 2. The number of carbonyl (C=O) groups excluding carboxylic acids is 3. The van der Waals surface area contributed by atoms with Gasteiger partial charge in [-0.25, -0.2) is 9.78 Å². The van der Waals surface area contributed by atoms with Gasteiger partial charge in [-0.3, -0.25) is 9.59 Å². The maximum absolute atomic E-state index is 12.6. The van der Waals surface area contributed by atoms with Gasteiger partial charge in [-0.15, -0.1) is 11.3 Å². The Morgan fingerprint density at radius 2 is 1.86 bits per heavy atom. The van der Waals surface area contributed by atoms with Gasteiger partial charge >= 0.3 is 11.9 Å². The highest BCUT2D eigenvalue weighted by Crippen LogP contribution is 2.24. The molecule has 0 saturated carbocycles. The van der Waals surface area contributed by atoms with E-state index in [2.05, 4.69) is 15.0 Å². The van der Waals surface area contributed by atoms with Crippen LogP contribution in [0.1, 0.15) is 65.5 Å². The molecule has 150 valence electrons. The van der Waals surface area contributed by atoms with Gasteiger partial charge < -0.3 is 14.8 Å². The van der Waals surface area contributed by atoms with Crippen molar-refractivity contribution >= 4 is 29.2 Å². The Kier molecular flexibility index (Phi) is 7.28. The summed E-state index contributed by atoms with van der Waals surface area (Å²) in [6, 6.07) is 8.21. The molecule has 0 radical (unpaired) electrons. The summed E-state index contributed by atoms with van der Waals surface area (Å²) in [7, 11) is 1.28. The van der Waals surface area contributed by atoms with Crippen molar-refractivity contribution in [2.24, 2.45) is 0 Å². The maximum atomic E-state index is 12.6. The molecule has 0 aliphatic heterocycles. The van der Waals surface area contributed by atoms with Crippen LogP contribution in [0.4, 0.5) is 0 Å². The number of hydrogen-bond donors (Lipinski definition) is 1. The van der Waals surface area contributed by atoms with Crippen LogP contribution in [0.5, 0.6) is 0 Å². The SMILES string of the molecule is COC(=O)c1csc(C(CCC(=O)OC(C)(C)C)NC(=O)c2ccccc2)n1. The molecule has 2 aromatic rings. The largest absolute Gasteiger partial charge is 0.464 e. The number of amides is 1. The second-order valence-corrected chi connectivity index (χ2v) is 7.97. The normalized spacial score (nSPS) is 12.1. The summed E-state index contributed by atoms with van der Waals surface area (Å²) < 4.78 is 10.0. The van der Waals surface area contributed by atoms with Gasteiger partial charge in [-0.05, 0) is 39.3 Å². The Bertz CT molecular complexity index is 827. The molecule has 8 heteroatoms. The van der Waals surface area contributed by atoms with E-state index in [0.717, 1.165) is 0 Å². The average molecular weight is 404 g/mol. The number of nitrogens with one attached hydrogen (secondary N) is 1. The third-order valence-corrected chi connectivity index (χ3v) is 4.57. The van der Waals surface area contributed by atoms with E-state index >= 15 is 0 Å². The minimum atomic E-state index is -0.584. The summed E-state index contributed by atoms with van der Waals surface area (Å²) >= 11 is 1.22. The van der Waals surface area contributed by atoms with Crippen LogP contribution in [0.2, 0.25) is 0 Å². The number of aromatic nitrogens is 1. The van der Waals surface area contributed by atoms with Crippen LogP contribution in [0.15, 0.2) is 35.7 Å². The van der Waals surface area contributed by atoms with E-state index < -0.39 is 17.6 Å². The zero-order valence-electron chi connectivity index (χ0n) is 16.4. The second-order valence-electron chi connectivity index (χ2n) is 7.08. The summed E-state index contributed by atoms with van der Waals surface area (Å²) in [6.45, 7) is 5.38. The van der Waals surface area contributed by atoms with Crippen molar-refractivity contribution in [2.45, 2.75) is 45.3 Å². The number of ether oxygens (including phenoxy) is 2. The van der Waals surface area contributed by atoms with Crippen molar-refractivity contribution in [2.75, 3.05) is 7.11 Å². The van der Waals surface area contributed by atoms with Crippen LogP contribution in [0.3, 0.4) is 0 Å². The molecule has 0 aliphatic carbocycles. The van der Waals surface area contributed by atoms with Crippen LogP contribution in [-0.4, -0.2) is 35.5 Å². The molecule has 0 saturated heterocycles. The molecule has 1 N–H and O–H groups in total. The van der Waals surface area contributed by atoms with Crippen molar-refractivity contribution in [3.8, 4) is 0 Å². The number of rotatable bonds is 7. The number of hydrogen-bond acceptors (Lipinski definition) is 7. The zero-order valence-corrected chi connectivity index (χ0v) is 17.2. The maximum Gasteiger partial charge on any atom is 0.357 e. The molecule has 1 amide bonds. The van der Waals surface area contributed by atoms with E-state index in [1.165, 1.54) is 18.4 Å². The minimum absolute atomic E-state index is 0.101. The molecule has 0 fully saturated rings. The standard InChI is InChI=1S/C20H24N2O5S/c1-20(2,3)27-16(23)11-10-14(18-22-15(12-28-18)19(25)26-4)21-17(24)13-8-6-5-7-9-13/h5-9,12,14H,10-11H2,1-4H3,(H,21,24). The first kappa shape index (κ1) is 21.6. The van der Waals surface area contributed by atoms with Crippen molar-refractivity contribution in [1.29, 1.82) is 0 Å². The highest BCUT2D eigenvalue weighted by atomic mass is 32.1. The molecular formula is C20H24N2O5S. The smallest absolute Gasteiger partial charge is 0.357 e. The third-order valence-electron chi connectivity index (χ3n) is 3.61. The predicted octanol–water partition coefficient (Wildman–Crippen LogP) is 3.52. The molecule has 0 aliphatic rings. The van der Waals surface area contributed by atoms with Crippen LogP contribution in [0.25, 0.3) is 0 Å². The number of carbonyl (C=O) groups is 3. The fourth-order valence-corrected chi connectivity index (χ4v) is 3.26. The first-order chi connectivity index (χ1) is 13.2. The topological polar surface area (TPSA) is 94.6 Å². The highest BCUT2D eigenvalue weighted by molar-refractivity contribution is 7.09. The van der Waals surface area contributed by atoms with Gasteiger partial charge in [0.1, 0.15) is 10.6 Å². The van der Waals surface area contributed by atoms with Gasteiger partial charge in [0, 0.05) is 17.4 Å². The van der Waals surface area contributed by atoms with E-state index in [0.29, 0.717) is 17.0 Å². The van der Waals surface area contributed by atoms with Crippen LogP contribution in [-0.2, 0) is 14.3 Å². The van der Waals surface area contributed by atoms with Gasteiger partial charge in [-0.1, -0.05) is 18.2 Å². The molecule has 1 unspecified atom stereocenters. The van der Waals surface area contributed by atoms with Crippen molar-refractivity contribution in [3.05, 3.63) is 52.0 Å². The number of thiazole rings is 1. The molecule has 2 rings (SSSR count). The van der Waals surface area contributed by atoms with Gasteiger partial charge in [0.2, 0.25) is 0 Å². The van der Waals surface area contributed by atoms with Crippen LogP contribution < -0.4 is 5.32 Å². The zero-order chi connectivity index (χ0) is 20.7. The van der Waals surface area contributed by atoms with Crippen molar-refractivity contribution in [1.82, 2.24) is 10.3 Å². The number of nitrogens with zero attached hydrogens (tertiary/aromatic N) is 1. The molecule has 0 bridgehead atoms. The van der Waals surface area contributed by atoms with Gasteiger partial charge in [0.05, 0.1) is 13.2 Å². The van der Waals surface area contributed by atoms with E-state index in [1.807, 2.05) is 6.07 Å². The lowest BCUT2D eigenvalue weighted by molar-refractivity contribution is -0.155. The quantitative estimate of drug-likeness (QED) is 0.710. The molecule has 1 aromatic carbocycles. The van der Waals surface area contributed by atoms with Gasteiger partial charge in [-0.2, -0.15) is 0 Å². The number of methoxy groups -OCH3 is 1. The molecular weight excluding hydrogens is 380 g/mol. The Labute approximate surface area is 168 Å². The summed E-state index contributed by atoms with van der Waals surface area (Å²) in [6.07, 6.45) is 0.395. The van der Waals surface area contributed by atoms with Gasteiger partial charge in [0.25, 0.3) is 5.91 Å². The lowest BCUT2D eigenvalue weighted by Gasteiger charge is -2.21. The van der Waals surface area contributed by atoms with Gasteiger partial charge in [0.15, 0.2) is 5.69 Å². The van der Waals surface area contributed by atoms with Crippen molar-refractivity contribution in [3.63, 3.8) is 0 Å². The van der Waals surface area contributed by atoms with Crippen LogP contribution >= 0.6 is 11.3 Å². The molecule has 7 nitrogen and oxygen atoms in total. The Hall–Kier alpha value is -2.74. The first-order valence-electron chi connectivity index (χ1n) is 8.81. The van der Waals surface area contributed by atoms with E-state index in [4.69, 9.17) is 4.74 Å². The third kappa shape index (κ3) is 6.45. The predicted molar refractivity (Wildman–Crippen MR) is 105 cm³/mol. The molecule has 1 aromatic heterocycles. The van der Waals surface area contributed by atoms with E-state index in [9.17, 15) is 14.4 Å². The second kappa shape index (κ2) is 9.45. The Morgan fingerprint density at radius 1 is 1.18 bits per heavy atom. The number of benzene rings is 1. The summed E-state index contributed by atoms with van der Waals surface area (Å²) in [5, 5.41) is 4.97. The lowest BCUT2D eigenvalue weighted by Crippen LogP contribution is -2.30. The fraction of sp³-hybridized carbons (Fsp3) is 0.400. The summed E-state index contributed by atoms with van der Waals surface area (Å²) in [5.41, 5.74) is 0.0762. The fourth-order valence-electron chi connectivity index (χ4n) is 2.39. The monoisotopic (exact) mass is 404 g/mol. The lowest BCUT2D eigenvalue weighted by atomic mass is 10.1. The molecule has 1 atom stereocenters. The molecule has 0 spiro atoms. The first-order valence-corrected chi connectivity index (χ1v) is 9.69. The average Bonchev–Trinajstić information content (AvgIpc) is 3.13. The Morgan fingerprint density at radius 3 is 2.46 bits per heavy atom. The Balaban J connectivity index is 2.15. The minimum Gasteiger partial charge on any atom is -0.464 e.